The van der Waals surface area contributed by atoms with Crippen LogP contribution < -0.4 is 5.32 Å². The van der Waals surface area contributed by atoms with Crippen molar-refractivity contribution >= 4 is 41.4 Å². The highest BCUT2D eigenvalue weighted by Gasteiger charge is 2.54. The number of alkyl halides is 1. The Labute approximate surface area is 189 Å². The molecule has 13 heteroatoms. The normalized spacial score (nSPS) is 26.8. The van der Waals surface area contributed by atoms with Gasteiger partial charge >= 0.3 is 23.9 Å². The SMILES string of the molecule is CC(=O)N[C@H]1[C@H]([C@H](OC(C)=O)[C@@H](COC(C)=O)OC(C)=O)O[C@](Cl)(CO)C[C@@H]1OC(C)=O. The molecule has 1 heterocycles. The minimum absolute atomic E-state index is 0.221. The predicted molar refractivity (Wildman–Crippen MR) is 106 cm³/mol. The van der Waals surface area contributed by atoms with Crippen LogP contribution in [0, 0.1) is 0 Å². The van der Waals surface area contributed by atoms with Crippen LogP contribution in [0.4, 0.5) is 0 Å². The number of nitrogens with one attached hydrogen (secondary N) is 1. The van der Waals surface area contributed by atoms with Crippen LogP contribution in [-0.4, -0.2) is 83.6 Å². The maximum Gasteiger partial charge on any atom is 0.303 e. The van der Waals surface area contributed by atoms with Crippen molar-refractivity contribution in [2.45, 2.75) is 76.6 Å². The molecule has 1 aliphatic rings. The molecule has 1 fully saturated rings. The van der Waals surface area contributed by atoms with Gasteiger partial charge in [-0.3, -0.25) is 24.0 Å². The van der Waals surface area contributed by atoms with E-state index in [9.17, 15) is 29.1 Å². The van der Waals surface area contributed by atoms with Crippen molar-refractivity contribution in [3.05, 3.63) is 0 Å². The van der Waals surface area contributed by atoms with Crippen LogP contribution in [0.2, 0.25) is 0 Å². The molecule has 0 aromatic carbocycles. The smallest absolute Gasteiger partial charge is 0.303 e. The summed E-state index contributed by atoms with van der Waals surface area (Å²) >= 11 is 6.34. The molecule has 0 aliphatic carbocycles. The molecule has 1 rings (SSSR count). The second-order valence-electron chi connectivity index (χ2n) is 7.23. The third-order valence-corrected chi connectivity index (χ3v) is 4.65. The molecular weight excluding hydrogens is 454 g/mol. The van der Waals surface area contributed by atoms with E-state index < -0.39 is 78.5 Å². The number of rotatable bonds is 9. The third kappa shape index (κ3) is 8.60. The van der Waals surface area contributed by atoms with Crippen LogP contribution in [0.15, 0.2) is 0 Å². The second-order valence-corrected chi connectivity index (χ2v) is 7.92. The van der Waals surface area contributed by atoms with Crippen LogP contribution in [0.25, 0.3) is 0 Å². The highest BCUT2D eigenvalue weighted by atomic mass is 35.5. The van der Waals surface area contributed by atoms with E-state index in [2.05, 4.69) is 5.32 Å². The lowest BCUT2D eigenvalue weighted by molar-refractivity contribution is -0.225. The standard InChI is InChI=1S/C19H28ClNO11/c1-9(23)21-16-14(29-11(3)25)6-19(20,8-22)32-18(16)17(31-13(5)27)15(30-12(4)26)7-28-10(2)24/h14-18,22H,6-8H2,1-5H3,(H,21,23)/t14-,15+,16+,17+,18+,19-/m0/s1. The zero-order chi connectivity index (χ0) is 24.6. The van der Waals surface area contributed by atoms with Gasteiger partial charge in [0.25, 0.3) is 0 Å². The van der Waals surface area contributed by atoms with Gasteiger partial charge in [0.05, 0.1) is 12.6 Å². The Morgan fingerprint density at radius 2 is 1.62 bits per heavy atom. The van der Waals surface area contributed by atoms with E-state index in [-0.39, 0.29) is 6.42 Å². The first-order valence-electron chi connectivity index (χ1n) is 9.67. The zero-order valence-electron chi connectivity index (χ0n) is 18.4. The lowest BCUT2D eigenvalue weighted by Gasteiger charge is -2.47. The lowest BCUT2D eigenvalue weighted by atomic mass is 9.89. The fraction of sp³-hybridized carbons (Fsp3) is 0.737. The topological polar surface area (TPSA) is 164 Å². The Bertz CT molecular complexity index is 730. The summed E-state index contributed by atoms with van der Waals surface area (Å²) < 4.78 is 26.5. The molecule has 182 valence electrons. The first-order valence-corrected chi connectivity index (χ1v) is 10.1. The number of ether oxygens (including phenoxy) is 5. The fourth-order valence-corrected chi connectivity index (χ4v) is 3.53. The molecule has 1 saturated heterocycles. The van der Waals surface area contributed by atoms with E-state index >= 15 is 0 Å². The van der Waals surface area contributed by atoms with Crippen LogP contribution in [0.3, 0.4) is 0 Å². The molecule has 1 aliphatic heterocycles. The average molecular weight is 482 g/mol. The number of amides is 1. The molecule has 12 nitrogen and oxygen atoms in total. The van der Waals surface area contributed by atoms with Gasteiger partial charge in [0.15, 0.2) is 17.3 Å². The molecule has 6 atom stereocenters. The minimum atomic E-state index is -1.79. The summed E-state index contributed by atoms with van der Waals surface area (Å²) in [6.45, 7) is 4.35. The quantitative estimate of drug-likeness (QED) is 0.249. The molecular formula is C19H28ClNO11. The van der Waals surface area contributed by atoms with Gasteiger partial charge in [-0.2, -0.15) is 0 Å². The lowest BCUT2D eigenvalue weighted by Crippen LogP contribution is -2.66. The van der Waals surface area contributed by atoms with Gasteiger partial charge in [0.1, 0.15) is 18.8 Å². The summed E-state index contributed by atoms with van der Waals surface area (Å²) in [5.41, 5.74) is 0. The molecule has 0 aromatic heterocycles. The van der Waals surface area contributed by atoms with Gasteiger partial charge in [0.2, 0.25) is 5.91 Å². The van der Waals surface area contributed by atoms with Crippen LogP contribution >= 0.6 is 11.6 Å². The highest BCUT2D eigenvalue weighted by molar-refractivity contribution is 6.23. The molecule has 0 spiro atoms. The Morgan fingerprint density at radius 1 is 1.03 bits per heavy atom. The van der Waals surface area contributed by atoms with Crippen LogP contribution in [-0.2, 0) is 47.7 Å². The Morgan fingerprint density at radius 3 is 2.06 bits per heavy atom. The molecule has 0 unspecified atom stereocenters. The largest absolute Gasteiger partial charge is 0.462 e. The summed E-state index contributed by atoms with van der Waals surface area (Å²) in [6.07, 6.45) is -5.57. The number of hydrogen-bond acceptors (Lipinski definition) is 11. The van der Waals surface area contributed by atoms with Crippen molar-refractivity contribution in [1.29, 1.82) is 0 Å². The molecule has 2 N–H and O–H groups in total. The maximum absolute atomic E-state index is 11.9. The molecule has 0 aromatic rings. The summed E-state index contributed by atoms with van der Waals surface area (Å²) in [7, 11) is 0. The van der Waals surface area contributed by atoms with Crippen molar-refractivity contribution in [2.75, 3.05) is 13.2 Å². The number of esters is 4. The summed E-state index contributed by atoms with van der Waals surface area (Å²) in [5.74, 6) is -3.56. The Hall–Kier alpha value is -2.44. The van der Waals surface area contributed by atoms with Crippen LogP contribution in [0.5, 0.6) is 0 Å². The van der Waals surface area contributed by atoms with Gasteiger partial charge in [-0.1, -0.05) is 11.6 Å². The molecule has 0 bridgehead atoms. The van der Waals surface area contributed by atoms with E-state index in [1.807, 2.05) is 0 Å². The van der Waals surface area contributed by atoms with E-state index in [0.29, 0.717) is 0 Å². The monoisotopic (exact) mass is 481 g/mol. The molecule has 32 heavy (non-hydrogen) atoms. The van der Waals surface area contributed by atoms with Crippen LogP contribution in [0.1, 0.15) is 41.0 Å². The van der Waals surface area contributed by atoms with Crippen molar-refractivity contribution in [3.63, 3.8) is 0 Å². The third-order valence-electron chi connectivity index (χ3n) is 4.29. The molecule has 0 saturated carbocycles. The summed E-state index contributed by atoms with van der Waals surface area (Å²) in [6, 6.07) is -1.13. The van der Waals surface area contributed by atoms with Crippen molar-refractivity contribution in [3.8, 4) is 0 Å². The predicted octanol–water partition coefficient (Wildman–Crippen LogP) is -0.434. The van der Waals surface area contributed by atoms with Crippen molar-refractivity contribution in [2.24, 2.45) is 0 Å². The number of hydrogen-bond donors (Lipinski definition) is 2. The highest BCUT2D eigenvalue weighted by Crippen LogP contribution is 2.37. The summed E-state index contributed by atoms with van der Waals surface area (Å²) in [4.78, 5) is 58.4. The maximum atomic E-state index is 11.9. The average Bonchev–Trinajstić information content (AvgIpc) is 2.64. The number of aliphatic hydroxyl groups is 1. The van der Waals surface area contributed by atoms with Gasteiger partial charge in [-0.15, -0.1) is 0 Å². The number of carbonyl (C=O) groups excluding carboxylic acids is 5. The molecule has 1 amide bonds. The van der Waals surface area contributed by atoms with E-state index in [0.717, 1.165) is 27.7 Å². The number of aliphatic hydroxyl groups excluding tert-OH is 1. The number of halogens is 1. The second kappa shape index (κ2) is 12.0. The van der Waals surface area contributed by atoms with E-state index in [4.69, 9.17) is 35.3 Å². The Balaban J connectivity index is 3.52. The first-order chi connectivity index (χ1) is 14.8. The first kappa shape index (κ1) is 27.6. The van der Waals surface area contributed by atoms with Gasteiger partial charge < -0.3 is 34.1 Å². The van der Waals surface area contributed by atoms with E-state index in [1.165, 1.54) is 6.92 Å². The van der Waals surface area contributed by atoms with Gasteiger partial charge in [-0.05, 0) is 0 Å². The van der Waals surface area contributed by atoms with E-state index in [1.54, 1.807) is 0 Å². The molecule has 0 radical (unpaired) electrons. The van der Waals surface area contributed by atoms with Crippen molar-refractivity contribution < 1.29 is 52.8 Å². The number of carbonyl (C=O) groups is 5. The fourth-order valence-electron chi connectivity index (χ4n) is 3.27. The van der Waals surface area contributed by atoms with Crippen molar-refractivity contribution in [1.82, 2.24) is 5.32 Å². The summed E-state index contributed by atoms with van der Waals surface area (Å²) in [5, 5.41) is 10.5. The zero-order valence-corrected chi connectivity index (χ0v) is 19.2. The van der Waals surface area contributed by atoms with Gasteiger partial charge in [-0.25, -0.2) is 0 Å². The Kier molecular flexibility index (Phi) is 10.3. The van der Waals surface area contributed by atoms with Gasteiger partial charge in [0, 0.05) is 41.0 Å². The minimum Gasteiger partial charge on any atom is -0.462 e.